The van der Waals surface area contributed by atoms with Crippen molar-refractivity contribution in [3.63, 3.8) is 0 Å². The van der Waals surface area contributed by atoms with Gasteiger partial charge in [0.15, 0.2) is 0 Å². The van der Waals surface area contributed by atoms with Crippen molar-refractivity contribution < 1.29 is 9.90 Å². The zero-order valence-corrected chi connectivity index (χ0v) is 7.71. The topological polar surface area (TPSA) is 37.3 Å². The molecular weight excluding hydrogens is 152 g/mol. The van der Waals surface area contributed by atoms with Crippen molar-refractivity contribution in [2.24, 2.45) is 11.8 Å². The van der Waals surface area contributed by atoms with Crippen LogP contribution in [-0.4, -0.2) is 17.0 Å². The molecule has 0 heterocycles. The number of carbonyl (C=O) groups excluding carboxylic acids is 1. The van der Waals surface area contributed by atoms with Crippen LogP contribution in [0.2, 0.25) is 0 Å². The molecular formula is C10H16O2. The fourth-order valence-electron chi connectivity index (χ4n) is 2.00. The molecule has 0 radical (unpaired) electrons. The smallest absolute Gasteiger partial charge is 0.133 e. The van der Waals surface area contributed by atoms with Crippen molar-refractivity contribution in [2.45, 2.75) is 32.8 Å². The predicted molar refractivity (Wildman–Crippen MR) is 47.7 cm³/mol. The first kappa shape index (κ1) is 9.46. The van der Waals surface area contributed by atoms with Crippen LogP contribution in [0.25, 0.3) is 0 Å². The molecule has 1 rings (SSSR count). The first-order valence-corrected chi connectivity index (χ1v) is 4.36. The van der Waals surface area contributed by atoms with Gasteiger partial charge in [-0.2, -0.15) is 0 Å². The molecule has 0 aliphatic heterocycles. The Morgan fingerprint density at radius 1 is 1.33 bits per heavy atom. The lowest BCUT2D eigenvalue weighted by Crippen LogP contribution is -2.16. The Bertz CT molecular complexity index is 186. The summed E-state index contributed by atoms with van der Waals surface area (Å²) in [5, 5.41) is 9.37. The Morgan fingerprint density at radius 2 is 1.83 bits per heavy atom. The number of allylic oxidation sites excluding steroid dienone is 1. The van der Waals surface area contributed by atoms with Crippen molar-refractivity contribution in [3.05, 3.63) is 12.2 Å². The predicted octanol–water partition coefficient (Wildman–Crippen LogP) is 1.54. The molecule has 0 saturated heterocycles. The average Bonchev–Trinajstić information content (AvgIpc) is 2.31. The largest absolute Gasteiger partial charge is 0.393 e. The van der Waals surface area contributed by atoms with E-state index in [9.17, 15) is 9.90 Å². The second-order valence-electron chi connectivity index (χ2n) is 3.80. The maximum Gasteiger partial charge on any atom is 0.133 e. The molecule has 1 aliphatic rings. The van der Waals surface area contributed by atoms with Crippen LogP contribution in [0.4, 0.5) is 0 Å². The van der Waals surface area contributed by atoms with Crippen molar-refractivity contribution in [1.29, 1.82) is 0 Å². The van der Waals surface area contributed by atoms with E-state index in [1.165, 1.54) is 0 Å². The highest BCUT2D eigenvalue weighted by molar-refractivity contribution is 5.79. The highest BCUT2D eigenvalue weighted by Gasteiger charge is 2.36. The second-order valence-corrected chi connectivity index (χ2v) is 3.80. The number of hydrogen-bond donors (Lipinski definition) is 1. The van der Waals surface area contributed by atoms with Gasteiger partial charge in [0.25, 0.3) is 0 Å². The second kappa shape index (κ2) is 3.40. The third-order valence-corrected chi connectivity index (χ3v) is 2.69. The van der Waals surface area contributed by atoms with Crippen LogP contribution in [-0.2, 0) is 4.79 Å². The van der Waals surface area contributed by atoms with Gasteiger partial charge in [-0.05, 0) is 32.6 Å². The Labute approximate surface area is 73.3 Å². The number of Topliss-reactive ketones (excluding diaryl/α,β-unsaturated/α-hetero) is 1. The van der Waals surface area contributed by atoms with Crippen LogP contribution < -0.4 is 0 Å². The zero-order valence-electron chi connectivity index (χ0n) is 7.71. The molecule has 2 nitrogen and oxygen atoms in total. The number of rotatable bonds is 2. The van der Waals surface area contributed by atoms with Gasteiger partial charge in [0.1, 0.15) is 5.78 Å². The summed E-state index contributed by atoms with van der Waals surface area (Å²) >= 11 is 0. The van der Waals surface area contributed by atoms with Gasteiger partial charge in [-0.25, -0.2) is 0 Å². The van der Waals surface area contributed by atoms with Crippen LogP contribution in [0.3, 0.4) is 0 Å². The Morgan fingerprint density at radius 3 is 2.17 bits per heavy atom. The Hall–Kier alpha value is -0.630. The highest BCUT2D eigenvalue weighted by atomic mass is 16.3. The Kier molecular flexibility index (Phi) is 2.68. The van der Waals surface area contributed by atoms with Crippen molar-refractivity contribution in [3.8, 4) is 0 Å². The van der Waals surface area contributed by atoms with Crippen molar-refractivity contribution in [2.75, 3.05) is 0 Å². The van der Waals surface area contributed by atoms with Gasteiger partial charge in [-0.1, -0.05) is 12.2 Å². The molecule has 0 amide bonds. The van der Waals surface area contributed by atoms with E-state index >= 15 is 0 Å². The van der Waals surface area contributed by atoms with E-state index in [0.29, 0.717) is 12.8 Å². The maximum absolute atomic E-state index is 11.2. The molecule has 0 bridgehead atoms. The van der Waals surface area contributed by atoms with Crippen LogP contribution in [0.15, 0.2) is 12.2 Å². The lowest BCUT2D eigenvalue weighted by atomic mass is 9.88. The minimum atomic E-state index is -0.305. The van der Waals surface area contributed by atoms with Gasteiger partial charge in [-0.15, -0.1) is 0 Å². The molecule has 2 heteroatoms. The summed E-state index contributed by atoms with van der Waals surface area (Å²) in [6.07, 6.45) is 1.02. The normalized spacial score (nSPS) is 35.1. The van der Waals surface area contributed by atoms with E-state index in [4.69, 9.17) is 0 Å². The van der Waals surface area contributed by atoms with Crippen LogP contribution in [0.5, 0.6) is 0 Å². The minimum Gasteiger partial charge on any atom is -0.393 e. The Balaban J connectivity index is 2.72. The van der Waals surface area contributed by atoms with Gasteiger partial charge >= 0.3 is 0 Å². The molecule has 0 aromatic heterocycles. The number of aliphatic hydroxyl groups excluding tert-OH is 1. The summed E-state index contributed by atoms with van der Waals surface area (Å²) < 4.78 is 0. The van der Waals surface area contributed by atoms with E-state index in [0.717, 1.165) is 5.57 Å². The van der Waals surface area contributed by atoms with Crippen molar-refractivity contribution in [1.82, 2.24) is 0 Å². The third kappa shape index (κ3) is 1.75. The fraction of sp³-hybridized carbons (Fsp3) is 0.700. The molecule has 12 heavy (non-hydrogen) atoms. The molecule has 0 spiro atoms. The first-order valence-electron chi connectivity index (χ1n) is 4.36. The number of hydrogen-bond acceptors (Lipinski definition) is 2. The quantitative estimate of drug-likeness (QED) is 0.635. The molecule has 0 aromatic carbocycles. The molecule has 0 aromatic rings. The monoisotopic (exact) mass is 168 g/mol. The number of aliphatic hydroxyl groups is 1. The molecule has 68 valence electrons. The minimum absolute atomic E-state index is 0.0116. The van der Waals surface area contributed by atoms with Crippen LogP contribution >= 0.6 is 0 Å². The standard InChI is InChI=1S/C10H16O2/c1-6(2)9-4-8(12)5-10(9)7(3)11/h8-10,12H,1,4-5H2,2-3H3/t8-,9+,10+/m1/s1. The molecule has 0 unspecified atom stereocenters. The van der Waals surface area contributed by atoms with Gasteiger partial charge < -0.3 is 5.11 Å². The highest BCUT2D eigenvalue weighted by Crippen LogP contribution is 2.36. The molecule has 1 N–H and O–H groups in total. The maximum atomic E-state index is 11.2. The van der Waals surface area contributed by atoms with E-state index < -0.39 is 0 Å². The van der Waals surface area contributed by atoms with E-state index in [-0.39, 0.29) is 23.7 Å². The van der Waals surface area contributed by atoms with Gasteiger partial charge in [0.05, 0.1) is 6.10 Å². The third-order valence-electron chi connectivity index (χ3n) is 2.69. The van der Waals surface area contributed by atoms with Gasteiger partial charge in [0, 0.05) is 5.92 Å². The van der Waals surface area contributed by atoms with Crippen LogP contribution in [0.1, 0.15) is 26.7 Å². The number of carbonyl (C=O) groups is 1. The molecule has 1 fully saturated rings. The average molecular weight is 168 g/mol. The lowest BCUT2D eigenvalue weighted by molar-refractivity contribution is -0.121. The van der Waals surface area contributed by atoms with Gasteiger partial charge in [-0.3, -0.25) is 4.79 Å². The summed E-state index contributed by atoms with van der Waals surface area (Å²) in [7, 11) is 0. The van der Waals surface area contributed by atoms with E-state index in [2.05, 4.69) is 6.58 Å². The summed E-state index contributed by atoms with van der Waals surface area (Å²) in [4.78, 5) is 11.2. The summed E-state index contributed by atoms with van der Waals surface area (Å²) in [5.41, 5.74) is 1.02. The van der Waals surface area contributed by atoms with Crippen molar-refractivity contribution >= 4 is 5.78 Å². The summed E-state index contributed by atoms with van der Waals surface area (Å²) in [6.45, 7) is 7.37. The lowest BCUT2D eigenvalue weighted by Gasteiger charge is -2.15. The SMILES string of the molecule is C=C(C)[C@@H]1C[C@@H](O)C[C@H]1C(C)=O. The first-order chi connectivity index (χ1) is 5.52. The zero-order chi connectivity index (χ0) is 9.30. The van der Waals surface area contributed by atoms with Crippen LogP contribution in [0, 0.1) is 11.8 Å². The van der Waals surface area contributed by atoms with E-state index in [1.807, 2.05) is 6.92 Å². The summed E-state index contributed by atoms with van der Waals surface area (Å²) in [6, 6.07) is 0. The summed E-state index contributed by atoms with van der Waals surface area (Å²) in [5.74, 6) is 0.398. The molecule has 3 atom stereocenters. The molecule has 1 aliphatic carbocycles. The number of ketones is 1. The van der Waals surface area contributed by atoms with E-state index in [1.54, 1.807) is 6.92 Å². The van der Waals surface area contributed by atoms with Gasteiger partial charge in [0.2, 0.25) is 0 Å². The molecule has 1 saturated carbocycles. The fourth-order valence-corrected chi connectivity index (χ4v) is 2.00.